The second-order valence-electron chi connectivity index (χ2n) is 3.85. The molecule has 0 unspecified atom stereocenters. The number of hydrogen-bond acceptors (Lipinski definition) is 3. The molecule has 0 fully saturated rings. The van der Waals surface area contributed by atoms with Crippen molar-refractivity contribution in [2.75, 3.05) is 13.6 Å². The van der Waals surface area contributed by atoms with E-state index in [1.807, 2.05) is 6.92 Å². The van der Waals surface area contributed by atoms with Gasteiger partial charge in [-0.2, -0.15) is 0 Å². The van der Waals surface area contributed by atoms with Gasteiger partial charge in [-0.05, 0) is 13.3 Å². The highest BCUT2D eigenvalue weighted by molar-refractivity contribution is 5.83. The lowest BCUT2D eigenvalue weighted by Gasteiger charge is -2.27. The van der Waals surface area contributed by atoms with Gasteiger partial charge in [-0.1, -0.05) is 6.08 Å². The molecule has 2 atom stereocenters. The summed E-state index contributed by atoms with van der Waals surface area (Å²) in [5.74, 6) is -1.72. The van der Waals surface area contributed by atoms with E-state index in [0.717, 1.165) is 0 Å². The number of likely N-dealkylation sites (N-methyl/N-ethyl adjacent to an activating group) is 1. The van der Waals surface area contributed by atoms with Gasteiger partial charge in [0.25, 0.3) is 0 Å². The molecule has 92 valence electrons. The minimum atomic E-state index is -0.978. The SMILES string of the molecule is C=CC[C@H](CC(=O)O)C(=O)N(C)[C@@H](C)CN. The molecule has 0 saturated heterocycles. The first-order valence-electron chi connectivity index (χ1n) is 5.23. The second kappa shape index (κ2) is 7.00. The molecule has 5 heteroatoms. The van der Waals surface area contributed by atoms with Crippen molar-refractivity contribution < 1.29 is 14.7 Å². The summed E-state index contributed by atoms with van der Waals surface area (Å²) in [6, 6.07) is -0.0892. The first kappa shape index (κ1) is 14.6. The van der Waals surface area contributed by atoms with E-state index in [-0.39, 0.29) is 18.4 Å². The van der Waals surface area contributed by atoms with Crippen LogP contribution in [0.15, 0.2) is 12.7 Å². The molecule has 5 nitrogen and oxygen atoms in total. The largest absolute Gasteiger partial charge is 0.481 e. The molecule has 0 aliphatic carbocycles. The zero-order valence-electron chi connectivity index (χ0n) is 9.85. The Morgan fingerprint density at radius 3 is 2.50 bits per heavy atom. The molecule has 0 radical (unpaired) electrons. The number of carboxylic acid groups (broad SMARTS) is 1. The number of carboxylic acids is 1. The molecule has 0 aliphatic rings. The summed E-state index contributed by atoms with van der Waals surface area (Å²) >= 11 is 0. The number of amides is 1. The molecule has 1 amide bonds. The lowest BCUT2D eigenvalue weighted by Crippen LogP contribution is -2.43. The van der Waals surface area contributed by atoms with Crippen LogP contribution in [0.5, 0.6) is 0 Å². The molecule has 0 aliphatic heterocycles. The number of hydrogen-bond donors (Lipinski definition) is 2. The fourth-order valence-corrected chi connectivity index (χ4v) is 1.35. The van der Waals surface area contributed by atoms with Crippen molar-refractivity contribution in [2.24, 2.45) is 11.7 Å². The van der Waals surface area contributed by atoms with E-state index in [1.165, 1.54) is 4.90 Å². The minimum absolute atomic E-state index is 0.0892. The van der Waals surface area contributed by atoms with Crippen LogP contribution in [-0.4, -0.2) is 41.5 Å². The van der Waals surface area contributed by atoms with Gasteiger partial charge in [-0.25, -0.2) is 0 Å². The number of aliphatic carboxylic acids is 1. The van der Waals surface area contributed by atoms with Crippen molar-refractivity contribution in [2.45, 2.75) is 25.8 Å². The van der Waals surface area contributed by atoms with Crippen molar-refractivity contribution >= 4 is 11.9 Å². The lowest BCUT2D eigenvalue weighted by molar-refractivity contribution is -0.144. The highest BCUT2D eigenvalue weighted by Crippen LogP contribution is 2.14. The smallest absolute Gasteiger partial charge is 0.304 e. The second-order valence-corrected chi connectivity index (χ2v) is 3.85. The molecule has 0 aromatic rings. The maximum absolute atomic E-state index is 11.9. The molecular formula is C11H20N2O3. The lowest BCUT2D eigenvalue weighted by atomic mass is 9.99. The van der Waals surface area contributed by atoms with Crippen LogP contribution in [0.25, 0.3) is 0 Å². The van der Waals surface area contributed by atoms with Crippen LogP contribution < -0.4 is 5.73 Å². The van der Waals surface area contributed by atoms with E-state index < -0.39 is 11.9 Å². The Bertz CT molecular complexity index is 266. The maximum Gasteiger partial charge on any atom is 0.304 e. The minimum Gasteiger partial charge on any atom is -0.481 e. The average molecular weight is 228 g/mol. The van der Waals surface area contributed by atoms with Gasteiger partial charge in [0.05, 0.1) is 12.3 Å². The van der Waals surface area contributed by atoms with E-state index in [2.05, 4.69) is 6.58 Å². The Labute approximate surface area is 95.9 Å². The average Bonchev–Trinajstić information content (AvgIpc) is 2.24. The van der Waals surface area contributed by atoms with Gasteiger partial charge in [-0.3, -0.25) is 9.59 Å². The molecule has 0 spiro atoms. The van der Waals surface area contributed by atoms with Gasteiger partial charge in [0, 0.05) is 19.6 Å². The number of rotatable bonds is 7. The van der Waals surface area contributed by atoms with Gasteiger partial charge in [0.15, 0.2) is 0 Å². The van der Waals surface area contributed by atoms with Crippen LogP contribution in [0.2, 0.25) is 0 Å². The normalized spacial score (nSPS) is 13.9. The Morgan fingerprint density at radius 1 is 1.56 bits per heavy atom. The van der Waals surface area contributed by atoms with Crippen molar-refractivity contribution in [3.8, 4) is 0 Å². The van der Waals surface area contributed by atoms with Crippen LogP contribution in [-0.2, 0) is 9.59 Å². The molecule has 0 aromatic carbocycles. The number of allylic oxidation sites excluding steroid dienone is 1. The summed E-state index contributed by atoms with van der Waals surface area (Å²) in [5.41, 5.74) is 5.46. The third-order valence-corrected chi connectivity index (χ3v) is 2.57. The highest BCUT2D eigenvalue weighted by atomic mass is 16.4. The van der Waals surface area contributed by atoms with Crippen LogP contribution in [0.3, 0.4) is 0 Å². The number of nitrogens with two attached hydrogens (primary N) is 1. The first-order chi connectivity index (χ1) is 7.43. The number of carbonyl (C=O) groups is 2. The van der Waals surface area contributed by atoms with Gasteiger partial charge >= 0.3 is 5.97 Å². The zero-order chi connectivity index (χ0) is 12.7. The summed E-state index contributed by atoms with van der Waals surface area (Å²) in [5, 5.41) is 8.71. The third kappa shape index (κ3) is 4.44. The molecule has 0 rings (SSSR count). The quantitative estimate of drug-likeness (QED) is 0.620. The molecule has 0 bridgehead atoms. The van der Waals surface area contributed by atoms with Gasteiger partial charge in [0.1, 0.15) is 0 Å². The summed E-state index contributed by atoms with van der Waals surface area (Å²) < 4.78 is 0. The fraction of sp³-hybridized carbons (Fsp3) is 0.636. The van der Waals surface area contributed by atoms with Crippen LogP contribution >= 0.6 is 0 Å². The van der Waals surface area contributed by atoms with E-state index >= 15 is 0 Å². The summed E-state index contributed by atoms with van der Waals surface area (Å²) in [6.07, 6.45) is 1.76. The van der Waals surface area contributed by atoms with E-state index in [1.54, 1.807) is 13.1 Å². The Balaban J connectivity index is 4.58. The number of carbonyl (C=O) groups excluding carboxylic acids is 1. The van der Waals surface area contributed by atoms with Crippen LogP contribution in [0.4, 0.5) is 0 Å². The molecule has 16 heavy (non-hydrogen) atoms. The van der Waals surface area contributed by atoms with Gasteiger partial charge in [-0.15, -0.1) is 6.58 Å². The summed E-state index contributed by atoms with van der Waals surface area (Å²) in [7, 11) is 1.64. The predicted octanol–water partition coefficient (Wildman–Crippen LogP) is 0.459. The van der Waals surface area contributed by atoms with Crippen molar-refractivity contribution in [3.63, 3.8) is 0 Å². The van der Waals surface area contributed by atoms with E-state index in [0.29, 0.717) is 13.0 Å². The van der Waals surface area contributed by atoms with Crippen molar-refractivity contribution in [3.05, 3.63) is 12.7 Å². The van der Waals surface area contributed by atoms with Crippen molar-refractivity contribution in [1.29, 1.82) is 0 Å². The fourth-order valence-electron chi connectivity index (χ4n) is 1.35. The molecule has 0 aromatic heterocycles. The summed E-state index contributed by atoms with van der Waals surface area (Å²) in [6.45, 7) is 5.71. The maximum atomic E-state index is 11.9. The highest BCUT2D eigenvalue weighted by Gasteiger charge is 2.25. The zero-order valence-corrected chi connectivity index (χ0v) is 9.85. The third-order valence-electron chi connectivity index (χ3n) is 2.57. The van der Waals surface area contributed by atoms with Gasteiger partial charge < -0.3 is 15.7 Å². The van der Waals surface area contributed by atoms with Gasteiger partial charge in [0.2, 0.25) is 5.91 Å². The van der Waals surface area contributed by atoms with Crippen molar-refractivity contribution in [1.82, 2.24) is 4.90 Å². The molecule has 3 N–H and O–H groups in total. The molecule has 0 saturated carbocycles. The molecular weight excluding hydrogens is 208 g/mol. The Hall–Kier alpha value is -1.36. The van der Waals surface area contributed by atoms with Crippen LogP contribution in [0, 0.1) is 5.92 Å². The summed E-state index contributed by atoms with van der Waals surface area (Å²) in [4.78, 5) is 24.0. The van der Waals surface area contributed by atoms with E-state index in [4.69, 9.17) is 10.8 Å². The Morgan fingerprint density at radius 2 is 2.12 bits per heavy atom. The number of nitrogens with zero attached hydrogens (tertiary/aromatic N) is 1. The Kier molecular flexibility index (Phi) is 6.41. The monoisotopic (exact) mass is 228 g/mol. The topological polar surface area (TPSA) is 83.6 Å². The van der Waals surface area contributed by atoms with E-state index in [9.17, 15) is 9.59 Å². The first-order valence-corrected chi connectivity index (χ1v) is 5.23. The molecule has 0 heterocycles. The standard InChI is InChI=1S/C11H20N2O3/c1-4-5-9(6-10(14)15)11(16)13(3)8(2)7-12/h4,8-9H,1,5-7,12H2,2-3H3,(H,14,15)/t8-,9+/m0/s1. The predicted molar refractivity (Wildman–Crippen MR) is 61.8 cm³/mol. The van der Waals surface area contributed by atoms with Crippen LogP contribution in [0.1, 0.15) is 19.8 Å².